The van der Waals surface area contributed by atoms with Crippen LogP contribution in [0, 0.1) is 11.8 Å². The van der Waals surface area contributed by atoms with E-state index < -0.39 is 0 Å². The third kappa shape index (κ3) is 2.51. The van der Waals surface area contributed by atoms with Crippen LogP contribution in [0.1, 0.15) is 51.6 Å². The van der Waals surface area contributed by atoms with Gasteiger partial charge in [-0.25, -0.2) is 0 Å². The van der Waals surface area contributed by atoms with Gasteiger partial charge in [-0.15, -0.1) is 0 Å². The summed E-state index contributed by atoms with van der Waals surface area (Å²) in [5, 5.41) is 10.4. The highest BCUT2D eigenvalue weighted by Gasteiger charge is 2.63. The maximum absolute atomic E-state index is 13.2. The first-order chi connectivity index (χ1) is 14.1. The Morgan fingerprint density at radius 2 is 2.31 bits per heavy atom. The lowest BCUT2D eigenvalue weighted by Gasteiger charge is -2.29. The molecule has 2 aromatic rings. The summed E-state index contributed by atoms with van der Waals surface area (Å²) < 4.78 is 11.6. The van der Waals surface area contributed by atoms with E-state index >= 15 is 0 Å². The molecule has 29 heavy (non-hydrogen) atoms. The number of hydrogen-bond acceptors (Lipinski definition) is 5. The third-order valence-corrected chi connectivity index (χ3v) is 7.32. The van der Waals surface area contributed by atoms with Gasteiger partial charge in [-0.2, -0.15) is 5.10 Å². The number of hydrogen-bond donors (Lipinski definition) is 2. The zero-order valence-electron chi connectivity index (χ0n) is 16.1. The van der Waals surface area contributed by atoms with E-state index in [1.807, 2.05) is 4.90 Å². The van der Waals surface area contributed by atoms with E-state index in [-0.39, 0.29) is 35.4 Å². The number of aromatic nitrogens is 2. The van der Waals surface area contributed by atoms with Crippen LogP contribution in [-0.2, 0) is 17.6 Å². The topological polar surface area (TPSA) is 100 Å². The van der Waals surface area contributed by atoms with E-state index in [4.69, 9.17) is 9.15 Å². The molecule has 152 valence electrons. The number of carbonyl (C=O) groups excluding carboxylic acids is 2. The van der Waals surface area contributed by atoms with Crippen LogP contribution >= 0.6 is 0 Å². The van der Waals surface area contributed by atoms with Gasteiger partial charge in [0.2, 0.25) is 0 Å². The molecule has 3 fully saturated rings. The van der Waals surface area contributed by atoms with Crippen LogP contribution in [0.25, 0.3) is 0 Å². The molecule has 3 saturated heterocycles. The molecule has 0 saturated carbocycles. The highest BCUT2D eigenvalue weighted by molar-refractivity contribution is 5.94. The normalized spacial score (nSPS) is 31.9. The molecule has 1 spiro atoms. The SMILES string of the molecule is O=C(NC[C@H]1[C@H]2CN(C(=O)c3n[nH]c4c3CCC4)C[C@]23CC[C@H]1O3)c1ccco1. The molecule has 2 amide bonds. The van der Waals surface area contributed by atoms with Crippen molar-refractivity contribution in [3.05, 3.63) is 41.1 Å². The molecule has 0 unspecified atom stereocenters. The van der Waals surface area contributed by atoms with Gasteiger partial charge in [-0.3, -0.25) is 14.7 Å². The predicted octanol–water partition coefficient (Wildman–Crippen LogP) is 1.54. The Labute approximate surface area is 168 Å². The smallest absolute Gasteiger partial charge is 0.286 e. The Kier molecular flexibility index (Phi) is 3.69. The van der Waals surface area contributed by atoms with Gasteiger partial charge in [0.15, 0.2) is 11.5 Å². The average molecular weight is 396 g/mol. The van der Waals surface area contributed by atoms with Gasteiger partial charge in [-0.05, 0) is 44.2 Å². The molecule has 6 rings (SSSR count). The van der Waals surface area contributed by atoms with Crippen LogP contribution < -0.4 is 5.32 Å². The van der Waals surface area contributed by atoms with Gasteiger partial charge in [0.25, 0.3) is 11.8 Å². The van der Waals surface area contributed by atoms with E-state index in [1.165, 1.54) is 6.26 Å². The number of H-pyrrole nitrogens is 1. The van der Waals surface area contributed by atoms with E-state index in [9.17, 15) is 9.59 Å². The van der Waals surface area contributed by atoms with Crippen LogP contribution in [0.4, 0.5) is 0 Å². The van der Waals surface area contributed by atoms with Gasteiger partial charge in [-0.1, -0.05) is 0 Å². The molecule has 8 nitrogen and oxygen atoms in total. The summed E-state index contributed by atoms with van der Waals surface area (Å²) in [6.07, 6.45) is 6.60. The summed E-state index contributed by atoms with van der Waals surface area (Å²) in [7, 11) is 0. The summed E-state index contributed by atoms with van der Waals surface area (Å²) in [6, 6.07) is 3.36. The molecule has 4 aliphatic rings. The number of aryl methyl sites for hydroxylation is 1. The zero-order chi connectivity index (χ0) is 19.6. The van der Waals surface area contributed by atoms with Crippen molar-refractivity contribution >= 4 is 11.8 Å². The molecular formula is C21H24N4O4. The van der Waals surface area contributed by atoms with Crippen molar-refractivity contribution in [2.24, 2.45) is 11.8 Å². The van der Waals surface area contributed by atoms with Crippen LogP contribution in [0.5, 0.6) is 0 Å². The Morgan fingerprint density at radius 1 is 1.38 bits per heavy atom. The minimum Gasteiger partial charge on any atom is -0.459 e. The number of fused-ring (bicyclic) bond motifs is 2. The van der Waals surface area contributed by atoms with Crippen LogP contribution in [0.2, 0.25) is 0 Å². The zero-order valence-corrected chi connectivity index (χ0v) is 16.1. The Bertz CT molecular complexity index is 967. The Morgan fingerprint density at radius 3 is 3.17 bits per heavy atom. The molecule has 5 heterocycles. The minimum absolute atomic E-state index is 0.0126. The van der Waals surface area contributed by atoms with Crippen molar-refractivity contribution in [2.75, 3.05) is 19.6 Å². The Hall–Kier alpha value is -2.61. The van der Waals surface area contributed by atoms with E-state index in [0.717, 1.165) is 43.4 Å². The summed E-state index contributed by atoms with van der Waals surface area (Å²) in [5.74, 6) is 0.585. The Balaban J connectivity index is 1.18. The van der Waals surface area contributed by atoms with Gasteiger partial charge in [0, 0.05) is 36.2 Å². The van der Waals surface area contributed by atoms with Gasteiger partial charge in [0.05, 0.1) is 24.5 Å². The van der Waals surface area contributed by atoms with E-state index in [2.05, 4.69) is 15.5 Å². The van der Waals surface area contributed by atoms with Crippen LogP contribution in [0.3, 0.4) is 0 Å². The largest absolute Gasteiger partial charge is 0.459 e. The van der Waals surface area contributed by atoms with Gasteiger partial charge >= 0.3 is 0 Å². The number of furan rings is 1. The standard InChI is InChI=1S/C21H24N4O4/c26-19(17-5-2-8-28-17)22-9-13-14-10-25(11-21(14)7-6-16(13)29-21)20(27)18-12-3-1-4-15(12)23-24-18/h2,5,8,13-14,16H,1,3-4,6-7,9-11H2,(H,22,26)(H,23,24)/t13-,14+,16+,21+/m0/s1. The maximum Gasteiger partial charge on any atom is 0.286 e. The fraction of sp³-hybridized carbons (Fsp3) is 0.571. The number of aromatic amines is 1. The molecule has 1 aliphatic carbocycles. The molecule has 2 aromatic heterocycles. The second-order valence-corrected chi connectivity index (χ2v) is 8.79. The van der Waals surface area contributed by atoms with Crippen LogP contribution in [-0.4, -0.2) is 58.3 Å². The van der Waals surface area contributed by atoms with E-state index in [1.54, 1.807) is 12.1 Å². The summed E-state index contributed by atoms with van der Waals surface area (Å²) in [5.41, 5.74) is 2.53. The van der Waals surface area contributed by atoms with Gasteiger partial charge < -0.3 is 19.4 Å². The van der Waals surface area contributed by atoms with Crippen molar-refractivity contribution < 1.29 is 18.7 Å². The lowest BCUT2D eigenvalue weighted by atomic mass is 9.73. The fourth-order valence-electron chi connectivity index (χ4n) is 5.97. The minimum atomic E-state index is -0.264. The molecule has 0 aromatic carbocycles. The number of rotatable bonds is 4. The van der Waals surface area contributed by atoms with Crippen LogP contribution in [0.15, 0.2) is 22.8 Å². The quantitative estimate of drug-likeness (QED) is 0.817. The number of nitrogens with zero attached hydrogens (tertiary/aromatic N) is 2. The second-order valence-electron chi connectivity index (χ2n) is 8.79. The highest BCUT2D eigenvalue weighted by atomic mass is 16.5. The summed E-state index contributed by atoms with van der Waals surface area (Å²) in [4.78, 5) is 27.4. The van der Waals surface area contributed by atoms with Crippen molar-refractivity contribution in [1.29, 1.82) is 0 Å². The second kappa shape index (κ2) is 6.19. The molecule has 0 radical (unpaired) electrons. The van der Waals surface area contributed by atoms with Crippen molar-refractivity contribution in [1.82, 2.24) is 20.4 Å². The molecule has 2 N–H and O–H groups in total. The number of carbonyl (C=O) groups is 2. The van der Waals surface area contributed by atoms with Gasteiger partial charge in [0.1, 0.15) is 0 Å². The highest BCUT2D eigenvalue weighted by Crippen LogP contribution is 2.54. The molecular weight excluding hydrogens is 372 g/mol. The first kappa shape index (κ1) is 17.3. The maximum atomic E-state index is 13.2. The monoisotopic (exact) mass is 396 g/mol. The summed E-state index contributed by atoms with van der Waals surface area (Å²) in [6.45, 7) is 1.83. The summed E-state index contributed by atoms with van der Waals surface area (Å²) >= 11 is 0. The molecule has 3 aliphatic heterocycles. The lowest BCUT2D eigenvalue weighted by molar-refractivity contribution is 0.00309. The van der Waals surface area contributed by atoms with Crippen molar-refractivity contribution in [2.45, 2.75) is 43.8 Å². The lowest BCUT2D eigenvalue weighted by Crippen LogP contribution is -2.41. The fourth-order valence-corrected chi connectivity index (χ4v) is 5.97. The third-order valence-electron chi connectivity index (χ3n) is 7.32. The first-order valence-electron chi connectivity index (χ1n) is 10.5. The number of ether oxygens (including phenoxy) is 1. The average Bonchev–Trinajstić information content (AvgIpc) is 3.52. The van der Waals surface area contributed by atoms with E-state index in [0.29, 0.717) is 31.1 Å². The number of amides is 2. The van der Waals surface area contributed by atoms with Crippen molar-refractivity contribution in [3.63, 3.8) is 0 Å². The van der Waals surface area contributed by atoms with Crippen molar-refractivity contribution in [3.8, 4) is 0 Å². The molecule has 8 heteroatoms. The molecule has 4 atom stereocenters. The number of likely N-dealkylation sites (tertiary alicyclic amines) is 1. The molecule has 2 bridgehead atoms. The predicted molar refractivity (Wildman–Crippen MR) is 101 cm³/mol. The number of nitrogens with one attached hydrogen (secondary N) is 2. The first-order valence-corrected chi connectivity index (χ1v) is 10.5.